The number of ether oxygens (including phenoxy) is 1. The summed E-state index contributed by atoms with van der Waals surface area (Å²) in [7, 11) is -4.64. The van der Waals surface area contributed by atoms with Crippen LogP contribution < -0.4 is 0 Å². The molecule has 0 aliphatic heterocycles. The Balaban J connectivity index is 0. The van der Waals surface area contributed by atoms with Gasteiger partial charge < -0.3 is 19.4 Å². The zero-order valence-electron chi connectivity index (χ0n) is 12.6. The van der Waals surface area contributed by atoms with E-state index in [1.165, 1.54) is 25.7 Å². The van der Waals surface area contributed by atoms with Crippen LogP contribution in [-0.2, 0) is 9.30 Å². The fraction of sp³-hybridized carbons (Fsp3) is 1.00. The molecular weight excluding hydrogens is 269 g/mol. The Bertz CT molecular complexity index is 222. The summed E-state index contributed by atoms with van der Waals surface area (Å²) in [5.41, 5.74) is 0. The van der Waals surface area contributed by atoms with E-state index in [2.05, 4.69) is 32.6 Å². The highest BCUT2D eigenvalue weighted by Crippen LogP contribution is 2.25. The fourth-order valence-electron chi connectivity index (χ4n) is 1.63. The highest BCUT2D eigenvalue weighted by atomic mass is 31.2. The van der Waals surface area contributed by atoms with E-state index < -0.39 is 7.82 Å². The third kappa shape index (κ3) is 20.5. The van der Waals surface area contributed by atoms with E-state index in [9.17, 15) is 0 Å². The summed E-state index contributed by atoms with van der Waals surface area (Å²) in [6.07, 6.45) is 5.43. The van der Waals surface area contributed by atoms with Gasteiger partial charge in [0.15, 0.2) is 0 Å². The quantitative estimate of drug-likeness (QED) is 0.344. The lowest BCUT2D eigenvalue weighted by Gasteiger charge is -2.26. The zero-order chi connectivity index (χ0) is 15.3. The number of unbranched alkanes of at least 4 members (excludes halogenated alkanes) is 3. The SMILES string of the molecule is CCCCCCOC(C)N(CC)CC.O=P(O)(O)O. The van der Waals surface area contributed by atoms with Gasteiger partial charge in [0.25, 0.3) is 0 Å². The van der Waals surface area contributed by atoms with Crippen molar-refractivity contribution in [3.63, 3.8) is 0 Å². The number of nitrogens with zero attached hydrogens (tertiary/aromatic N) is 1. The largest absolute Gasteiger partial charge is 0.466 e. The van der Waals surface area contributed by atoms with Gasteiger partial charge >= 0.3 is 7.82 Å². The van der Waals surface area contributed by atoms with Crippen LogP contribution in [-0.4, -0.2) is 45.5 Å². The lowest BCUT2D eigenvalue weighted by Crippen LogP contribution is -2.34. The molecule has 1 atom stereocenters. The minimum Gasteiger partial charge on any atom is -0.363 e. The molecule has 1 unspecified atom stereocenters. The van der Waals surface area contributed by atoms with Crippen molar-refractivity contribution in [3.05, 3.63) is 0 Å². The first-order chi connectivity index (χ1) is 8.76. The van der Waals surface area contributed by atoms with Crippen LogP contribution in [0, 0.1) is 0 Å². The van der Waals surface area contributed by atoms with Crippen LogP contribution in [0.2, 0.25) is 0 Å². The van der Waals surface area contributed by atoms with Crippen LogP contribution in [0.3, 0.4) is 0 Å². The molecule has 118 valence electrons. The van der Waals surface area contributed by atoms with Gasteiger partial charge in [-0.15, -0.1) is 0 Å². The monoisotopic (exact) mass is 299 g/mol. The predicted molar refractivity (Wildman–Crippen MR) is 76.7 cm³/mol. The molecule has 0 aromatic carbocycles. The molecule has 0 aromatic rings. The second-order valence-electron chi connectivity index (χ2n) is 4.27. The summed E-state index contributed by atoms with van der Waals surface area (Å²) in [6.45, 7) is 11.8. The molecular formula is C12H30NO5P. The number of hydrogen-bond acceptors (Lipinski definition) is 3. The van der Waals surface area contributed by atoms with Gasteiger partial charge in [-0.05, 0) is 26.4 Å². The standard InChI is InChI=1S/C12H27NO.H3O4P/c1-5-8-9-10-11-14-12(4)13(6-2)7-3;1-5(2,3)4/h12H,5-11H2,1-4H3;(H3,1,2,3,4). The maximum Gasteiger partial charge on any atom is 0.466 e. The smallest absolute Gasteiger partial charge is 0.363 e. The van der Waals surface area contributed by atoms with Gasteiger partial charge in [0.1, 0.15) is 6.23 Å². The third-order valence-electron chi connectivity index (χ3n) is 2.68. The molecule has 0 saturated heterocycles. The average molecular weight is 299 g/mol. The summed E-state index contributed by atoms with van der Waals surface area (Å²) < 4.78 is 14.6. The molecule has 0 aliphatic rings. The van der Waals surface area contributed by atoms with Crippen LogP contribution >= 0.6 is 7.82 Å². The normalized spacial score (nSPS) is 13.1. The minimum atomic E-state index is -4.64. The van der Waals surface area contributed by atoms with Crippen molar-refractivity contribution in [2.24, 2.45) is 0 Å². The molecule has 3 N–H and O–H groups in total. The highest BCUT2D eigenvalue weighted by molar-refractivity contribution is 7.45. The van der Waals surface area contributed by atoms with Crippen LogP contribution in [0.15, 0.2) is 0 Å². The summed E-state index contributed by atoms with van der Waals surface area (Å²) >= 11 is 0. The molecule has 0 saturated carbocycles. The Morgan fingerprint density at radius 1 is 1.05 bits per heavy atom. The molecule has 0 aromatic heterocycles. The topological polar surface area (TPSA) is 90.2 Å². The van der Waals surface area contributed by atoms with Crippen molar-refractivity contribution < 1.29 is 24.0 Å². The molecule has 0 radical (unpaired) electrons. The molecule has 0 amide bonds. The lowest BCUT2D eigenvalue weighted by atomic mass is 10.2. The molecule has 6 nitrogen and oxygen atoms in total. The van der Waals surface area contributed by atoms with E-state index in [4.69, 9.17) is 24.0 Å². The van der Waals surface area contributed by atoms with Gasteiger partial charge in [-0.1, -0.05) is 40.0 Å². The van der Waals surface area contributed by atoms with E-state index >= 15 is 0 Å². The number of hydrogen-bond donors (Lipinski definition) is 3. The molecule has 0 heterocycles. The Morgan fingerprint density at radius 3 is 1.89 bits per heavy atom. The van der Waals surface area contributed by atoms with Crippen molar-refractivity contribution in [3.8, 4) is 0 Å². The summed E-state index contributed by atoms with van der Waals surface area (Å²) in [5.74, 6) is 0. The van der Waals surface area contributed by atoms with Crippen molar-refractivity contribution in [1.29, 1.82) is 0 Å². The lowest BCUT2D eigenvalue weighted by molar-refractivity contribution is -0.0438. The second kappa shape index (κ2) is 13.0. The zero-order valence-corrected chi connectivity index (χ0v) is 13.5. The van der Waals surface area contributed by atoms with Gasteiger partial charge in [0.05, 0.1) is 0 Å². The summed E-state index contributed by atoms with van der Waals surface area (Å²) in [6, 6.07) is 0. The maximum atomic E-state index is 8.88. The Hall–Kier alpha value is 0.0300. The van der Waals surface area contributed by atoms with Gasteiger partial charge in [0.2, 0.25) is 0 Å². The van der Waals surface area contributed by atoms with Gasteiger partial charge in [-0.25, -0.2) is 4.57 Å². The van der Waals surface area contributed by atoms with Gasteiger partial charge in [0, 0.05) is 6.61 Å². The highest BCUT2D eigenvalue weighted by Gasteiger charge is 2.08. The molecule has 0 aliphatic carbocycles. The molecule has 7 heteroatoms. The third-order valence-corrected chi connectivity index (χ3v) is 2.68. The van der Waals surface area contributed by atoms with Crippen LogP contribution in [0.5, 0.6) is 0 Å². The maximum absolute atomic E-state index is 8.88. The molecule has 19 heavy (non-hydrogen) atoms. The Labute approximate surface area is 117 Å². The second-order valence-corrected chi connectivity index (χ2v) is 5.29. The van der Waals surface area contributed by atoms with E-state index in [1.54, 1.807) is 0 Å². The van der Waals surface area contributed by atoms with Crippen molar-refractivity contribution in [2.75, 3.05) is 19.7 Å². The fourth-order valence-corrected chi connectivity index (χ4v) is 1.63. The number of rotatable bonds is 9. The first-order valence-corrected chi connectivity index (χ1v) is 8.46. The van der Waals surface area contributed by atoms with Gasteiger partial charge in [-0.2, -0.15) is 0 Å². The average Bonchev–Trinajstić information content (AvgIpc) is 2.28. The van der Waals surface area contributed by atoms with Crippen LogP contribution in [0.25, 0.3) is 0 Å². The number of phosphoric acid groups is 1. The van der Waals surface area contributed by atoms with E-state index in [-0.39, 0.29) is 6.23 Å². The van der Waals surface area contributed by atoms with Crippen molar-refractivity contribution >= 4 is 7.82 Å². The minimum absolute atomic E-state index is 0.284. The molecule has 0 spiro atoms. The van der Waals surface area contributed by atoms with Crippen molar-refractivity contribution in [1.82, 2.24) is 4.90 Å². The Morgan fingerprint density at radius 2 is 1.53 bits per heavy atom. The molecule has 0 fully saturated rings. The van der Waals surface area contributed by atoms with Crippen LogP contribution in [0.1, 0.15) is 53.4 Å². The van der Waals surface area contributed by atoms with Crippen molar-refractivity contribution in [2.45, 2.75) is 59.6 Å². The predicted octanol–water partition coefficient (Wildman–Crippen LogP) is 2.34. The van der Waals surface area contributed by atoms with E-state index in [0.717, 1.165) is 19.7 Å². The first kappa shape index (κ1) is 21.3. The van der Waals surface area contributed by atoms with E-state index in [0.29, 0.717) is 0 Å². The Kier molecular flexibility index (Phi) is 14.6. The summed E-state index contributed by atoms with van der Waals surface area (Å²) in [4.78, 5) is 23.9. The van der Waals surface area contributed by atoms with E-state index in [1.807, 2.05) is 0 Å². The van der Waals surface area contributed by atoms with Gasteiger partial charge in [-0.3, -0.25) is 4.90 Å². The molecule has 0 rings (SSSR count). The van der Waals surface area contributed by atoms with Crippen LogP contribution in [0.4, 0.5) is 0 Å². The first-order valence-electron chi connectivity index (χ1n) is 6.90. The molecule has 0 bridgehead atoms. The summed E-state index contributed by atoms with van der Waals surface area (Å²) in [5, 5.41) is 0.